The molecule has 0 aromatic heterocycles. The Labute approximate surface area is 120 Å². The first-order chi connectivity index (χ1) is 9.80. The zero-order valence-corrected chi connectivity index (χ0v) is 11.6. The number of anilines is 2. The summed E-state index contributed by atoms with van der Waals surface area (Å²) in [4.78, 5) is 3.01. The van der Waals surface area contributed by atoms with Crippen LogP contribution in [0, 0.1) is 5.82 Å². The van der Waals surface area contributed by atoms with Crippen LogP contribution in [0.3, 0.4) is 0 Å². The lowest BCUT2D eigenvalue weighted by molar-refractivity contribution is -0.146. The molecule has 0 saturated carbocycles. The maximum atomic E-state index is 13.9. The molecule has 1 aromatic rings. The highest BCUT2D eigenvalue weighted by Gasteiger charge is 2.32. The topological polar surface area (TPSA) is 41.7 Å². The van der Waals surface area contributed by atoms with Crippen LogP contribution < -0.4 is 15.4 Å². The second-order valence-electron chi connectivity index (χ2n) is 4.92. The first-order valence-electron chi connectivity index (χ1n) is 6.47. The lowest BCUT2D eigenvalue weighted by Gasteiger charge is -2.36. The predicted octanol–water partition coefficient (Wildman–Crippen LogP) is 2.10. The SMILES string of the molecule is COc1cc(N2CCN(CC(F)(F)F)CC2)c(F)cc1N. The van der Waals surface area contributed by atoms with Crippen molar-refractivity contribution in [2.24, 2.45) is 0 Å². The van der Waals surface area contributed by atoms with Crippen LogP contribution >= 0.6 is 0 Å². The van der Waals surface area contributed by atoms with Crippen molar-refractivity contribution in [3.05, 3.63) is 17.9 Å². The second-order valence-corrected chi connectivity index (χ2v) is 4.92. The van der Waals surface area contributed by atoms with Crippen molar-refractivity contribution in [3.63, 3.8) is 0 Å². The van der Waals surface area contributed by atoms with E-state index in [-0.39, 0.29) is 18.8 Å². The molecule has 1 saturated heterocycles. The minimum atomic E-state index is -4.21. The number of piperazine rings is 1. The molecule has 1 heterocycles. The number of nitrogens with two attached hydrogens (primary N) is 1. The first-order valence-corrected chi connectivity index (χ1v) is 6.47. The molecule has 1 aliphatic heterocycles. The van der Waals surface area contributed by atoms with Crippen LogP contribution in [0.5, 0.6) is 5.75 Å². The Hall–Kier alpha value is -1.70. The molecule has 1 aromatic carbocycles. The fourth-order valence-corrected chi connectivity index (χ4v) is 2.38. The van der Waals surface area contributed by atoms with Crippen LogP contribution in [-0.4, -0.2) is 50.9 Å². The van der Waals surface area contributed by atoms with Crippen molar-refractivity contribution >= 4 is 11.4 Å². The molecule has 21 heavy (non-hydrogen) atoms. The van der Waals surface area contributed by atoms with Crippen LogP contribution in [0.15, 0.2) is 12.1 Å². The third kappa shape index (κ3) is 3.90. The summed E-state index contributed by atoms with van der Waals surface area (Å²) in [5, 5.41) is 0. The van der Waals surface area contributed by atoms with Gasteiger partial charge in [-0.1, -0.05) is 0 Å². The summed E-state index contributed by atoms with van der Waals surface area (Å²) in [6, 6.07) is 2.64. The molecule has 0 aliphatic carbocycles. The molecule has 0 atom stereocenters. The first kappa shape index (κ1) is 15.7. The number of alkyl halides is 3. The van der Waals surface area contributed by atoms with Crippen molar-refractivity contribution in [1.82, 2.24) is 4.90 Å². The Bertz CT molecular complexity index is 499. The fourth-order valence-electron chi connectivity index (χ4n) is 2.38. The van der Waals surface area contributed by atoms with Gasteiger partial charge in [0, 0.05) is 38.3 Å². The van der Waals surface area contributed by atoms with Gasteiger partial charge in [-0.05, 0) is 0 Å². The second kappa shape index (κ2) is 5.97. The molecule has 1 fully saturated rings. The normalized spacial score (nSPS) is 17.1. The summed E-state index contributed by atoms with van der Waals surface area (Å²) < 4.78 is 56.0. The Morgan fingerprint density at radius 3 is 2.33 bits per heavy atom. The van der Waals surface area contributed by atoms with Gasteiger partial charge in [0.2, 0.25) is 0 Å². The molecule has 0 radical (unpaired) electrons. The minimum absolute atomic E-state index is 0.189. The van der Waals surface area contributed by atoms with E-state index < -0.39 is 18.5 Å². The average molecular weight is 307 g/mol. The molecule has 4 nitrogen and oxygen atoms in total. The van der Waals surface area contributed by atoms with E-state index in [1.807, 2.05) is 0 Å². The molecular weight excluding hydrogens is 290 g/mol. The zero-order valence-electron chi connectivity index (χ0n) is 11.6. The van der Waals surface area contributed by atoms with Crippen LogP contribution in [0.4, 0.5) is 28.9 Å². The molecule has 0 spiro atoms. The van der Waals surface area contributed by atoms with E-state index in [0.717, 1.165) is 6.07 Å². The highest BCUT2D eigenvalue weighted by Crippen LogP contribution is 2.31. The number of rotatable bonds is 3. The number of nitrogens with zero attached hydrogens (tertiary/aromatic N) is 2. The number of hydrogen-bond donors (Lipinski definition) is 1. The highest BCUT2D eigenvalue weighted by atomic mass is 19.4. The van der Waals surface area contributed by atoms with Gasteiger partial charge < -0.3 is 15.4 Å². The molecule has 0 unspecified atom stereocenters. The summed E-state index contributed by atoms with van der Waals surface area (Å²) in [7, 11) is 1.43. The third-order valence-electron chi connectivity index (χ3n) is 3.42. The van der Waals surface area contributed by atoms with Crippen molar-refractivity contribution in [2.75, 3.05) is 50.5 Å². The van der Waals surface area contributed by atoms with E-state index in [4.69, 9.17) is 10.5 Å². The van der Waals surface area contributed by atoms with Crippen molar-refractivity contribution in [2.45, 2.75) is 6.18 Å². The van der Waals surface area contributed by atoms with E-state index >= 15 is 0 Å². The van der Waals surface area contributed by atoms with E-state index in [0.29, 0.717) is 24.5 Å². The molecule has 0 amide bonds. The fraction of sp³-hybridized carbons (Fsp3) is 0.538. The van der Waals surface area contributed by atoms with Gasteiger partial charge in [0.1, 0.15) is 11.6 Å². The molecule has 118 valence electrons. The van der Waals surface area contributed by atoms with Crippen LogP contribution in [-0.2, 0) is 0 Å². The summed E-state index contributed by atoms with van der Waals surface area (Å²) in [6.45, 7) is 0.159. The van der Waals surface area contributed by atoms with Gasteiger partial charge in [-0.2, -0.15) is 13.2 Å². The molecule has 2 N–H and O–H groups in total. The van der Waals surface area contributed by atoms with Crippen LogP contribution in [0.2, 0.25) is 0 Å². The molecule has 1 aliphatic rings. The number of halogens is 4. The maximum Gasteiger partial charge on any atom is 0.401 e. The van der Waals surface area contributed by atoms with Crippen LogP contribution in [0.1, 0.15) is 0 Å². The monoisotopic (exact) mass is 307 g/mol. The molecule has 0 bridgehead atoms. The average Bonchev–Trinajstić information content (AvgIpc) is 2.38. The lowest BCUT2D eigenvalue weighted by atomic mass is 10.2. The zero-order chi connectivity index (χ0) is 15.6. The van der Waals surface area contributed by atoms with Gasteiger partial charge in [0.15, 0.2) is 0 Å². The van der Waals surface area contributed by atoms with E-state index in [1.165, 1.54) is 18.1 Å². The number of ether oxygens (including phenoxy) is 1. The van der Waals surface area contributed by atoms with Gasteiger partial charge in [-0.15, -0.1) is 0 Å². The Balaban J connectivity index is 2.05. The largest absolute Gasteiger partial charge is 0.495 e. The molecule has 8 heteroatoms. The Morgan fingerprint density at radius 1 is 1.19 bits per heavy atom. The number of hydrogen-bond acceptors (Lipinski definition) is 4. The lowest BCUT2D eigenvalue weighted by Crippen LogP contribution is -2.49. The summed E-state index contributed by atoms with van der Waals surface area (Å²) in [6.07, 6.45) is -4.21. The van der Waals surface area contributed by atoms with Crippen molar-refractivity contribution in [1.29, 1.82) is 0 Å². The Kier molecular flexibility index (Phi) is 4.46. The molecular formula is C13H17F4N3O. The van der Waals surface area contributed by atoms with Gasteiger partial charge in [0.05, 0.1) is 25.0 Å². The minimum Gasteiger partial charge on any atom is -0.495 e. The van der Waals surface area contributed by atoms with E-state index in [1.54, 1.807) is 4.90 Å². The predicted molar refractivity (Wildman–Crippen MR) is 72.1 cm³/mol. The maximum absolute atomic E-state index is 13.9. The van der Waals surface area contributed by atoms with E-state index in [2.05, 4.69) is 0 Å². The van der Waals surface area contributed by atoms with E-state index in [9.17, 15) is 17.6 Å². The van der Waals surface area contributed by atoms with Gasteiger partial charge >= 0.3 is 6.18 Å². The number of nitrogen functional groups attached to an aromatic ring is 1. The highest BCUT2D eigenvalue weighted by molar-refractivity contribution is 5.63. The number of benzene rings is 1. The quantitative estimate of drug-likeness (QED) is 0.686. The van der Waals surface area contributed by atoms with Gasteiger partial charge in [-0.3, -0.25) is 4.90 Å². The van der Waals surface area contributed by atoms with Crippen LogP contribution in [0.25, 0.3) is 0 Å². The third-order valence-corrected chi connectivity index (χ3v) is 3.42. The van der Waals surface area contributed by atoms with Crippen molar-refractivity contribution < 1.29 is 22.3 Å². The van der Waals surface area contributed by atoms with Crippen molar-refractivity contribution in [3.8, 4) is 5.75 Å². The summed E-state index contributed by atoms with van der Waals surface area (Å²) in [5.41, 5.74) is 6.09. The Morgan fingerprint density at radius 2 is 1.81 bits per heavy atom. The standard InChI is InChI=1S/C13H17F4N3O/c1-21-12-7-11(9(14)6-10(12)18)20-4-2-19(3-5-20)8-13(15,16)17/h6-7H,2-5,8,18H2,1H3. The van der Waals surface area contributed by atoms with Gasteiger partial charge in [0.25, 0.3) is 0 Å². The summed E-state index contributed by atoms with van der Waals surface area (Å²) >= 11 is 0. The van der Waals surface area contributed by atoms with Gasteiger partial charge in [-0.25, -0.2) is 4.39 Å². The smallest absolute Gasteiger partial charge is 0.401 e. The molecule has 2 rings (SSSR count). The number of methoxy groups -OCH3 is 1. The summed E-state index contributed by atoms with van der Waals surface area (Å²) in [5.74, 6) is -0.151.